The van der Waals surface area contributed by atoms with E-state index in [0.717, 1.165) is 66.0 Å². The lowest BCUT2D eigenvalue weighted by Gasteiger charge is -2.15. The van der Waals surface area contributed by atoms with Crippen molar-refractivity contribution >= 4 is 0 Å². The van der Waals surface area contributed by atoms with Crippen LogP contribution in [0.25, 0.3) is 11.3 Å². The summed E-state index contributed by atoms with van der Waals surface area (Å²) < 4.78 is 5.29. The summed E-state index contributed by atoms with van der Waals surface area (Å²) >= 11 is 0. The minimum atomic E-state index is 0.625. The molecule has 140 valence electrons. The topological polar surface area (TPSA) is 67.9 Å². The summed E-state index contributed by atoms with van der Waals surface area (Å²) in [6.07, 6.45) is 4.03. The fraction of sp³-hybridized carbons (Fsp3) is 0.429. The van der Waals surface area contributed by atoms with Crippen LogP contribution < -0.4 is 0 Å². The Labute approximate surface area is 159 Å². The molecule has 27 heavy (non-hydrogen) atoms. The molecule has 0 bridgehead atoms. The van der Waals surface area contributed by atoms with Crippen LogP contribution in [0.15, 0.2) is 35.0 Å². The molecular weight excluding hydrogens is 338 g/mol. The standard InChI is InChI=1S/C21H25N5O/c1-14-21(15(2)27-25-14)20-6-4-5-18(24-20)11-17-8-10-26(12-17)13-19-7-9-22-16(3)23-19/h4-7,9,17H,8,10-13H2,1-3H3/t17-/m0/s1. The first-order valence-electron chi connectivity index (χ1n) is 9.48. The summed E-state index contributed by atoms with van der Waals surface area (Å²) in [5.74, 6) is 2.29. The molecule has 0 radical (unpaired) electrons. The van der Waals surface area contributed by atoms with Crippen molar-refractivity contribution < 1.29 is 4.52 Å². The summed E-state index contributed by atoms with van der Waals surface area (Å²) in [6.45, 7) is 8.93. The molecule has 1 aliphatic rings. The molecule has 0 saturated carbocycles. The fourth-order valence-electron chi connectivity index (χ4n) is 3.92. The Morgan fingerprint density at radius 2 is 2.00 bits per heavy atom. The van der Waals surface area contributed by atoms with Crippen molar-refractivity contribution in [2.45, 2.75) is 40.2 Å². The number of hydrogen-bond donors (Lipinski definition) is 0. The van der Waals surface area contributed by atoms with E-state index < -0.39 is 0 Å². The van der Waals surface area contributed by atoms with Gasteiger partial charge >= 0.3 is 0 Å². The van der Waals surface area contributed by atoms with E-state index in [4.69, 9.17) is 9.51 Å². The smallest absolute Gasteiger partial charge is 0.143 e. The third-order valence-corrected chi connectivity index (χ3v) is 5.18. The van der Waals surface area contributed by atoms with Gasteiger partial charge in [0.2, 0.25) is 0 Å². The maximum atomic E-state index is 5.29. The lowest BCUT2D eigenvalue weighted by molar-refractivity contribution is 0.312. The van der Waals surface area contributed by atoms with Crippen LogP contribution in [0.4, 0.5) is 0 Å². The Hall–Kier alpha value is -2.60. The van der Waals surface area contributed by atoms with Gasteiger partial charge < -0.3 is 4.52 Å². The molecule has 0 aromatic carbocycles. The van der Waals surface area contributed by atoms with Gasteiger partial charge in [-0.2, -0.15) is 0 Å². The third kappa shape index (κ3) is 4.06. The largest absolute Gasteiger partial charge is 0.361 e. The SMILES string of the molecule is Cc1nccc(CN2CC[C@@H](Cc3cccc(-c4c(C)noc4C)n3)C2)n1. The van der Waals surface area contributed by atoms with E-state index in [0.29, 0.717) is 5.92 Å². The number of likely N-dealkylation sites (tertiary alicyclic amines) is 1. The third-order valence-electron chi connectivity index (χ3n) is 5.18. The van der Waals surface area contributed by atoms with Crippen molar-refractivity contribution in [1.29, 1.82) is 0 Å². The molecule has 4 rings (SSSR count). The van der Waals surface area contributed by atoms with Crippen molar-refractivity contribution in [1.82, 2.24) is 25.0 Å². The van der Waals surface area contributed by atoms with Crippen molar-refractivity contribution in [2.24, 2.45) is 5.92 Å². The van der Waals surface area contributed by atoms with Gasteiger partial charge in [-0.05, 0) is 64.3 Å². The maximum Gasteiger partial charge on any atom is 0.143 e. The quantitative estimate of drug-likeness (QED) is 0.691. The summed E-state index contributed by atoms with van der Waals surface area (Å²) in [4.78, 5) is 16.1. The van der Waals surface area contributed by atoms with E-state index in [-0.39, 0.29) is 0 Å². The molecule has 1 aliphatic heterocycles. The van der Waals surface area contributed by atoms with E-state index in [9.17, 15) is 0 Å². The molecule has 0 aliphatic carbocycles. The number of pyridine rings is 1. The molecular formula is C21H25N5O. The van der Waals surface area contributed by atoms with E-state index >= 15 is 0 Å². The molecule has 0 unspecified atom stereocenters. The zero-order valence-electron chi connectivity index (χ0n) is 16.1. The van der Waals surface area contributed by atoms with Crippen LogP contribution in [0.1, 0.15) is 35.1 Å². The van der Waals surface area contributed by atoms with Crippen LogP contribution in [0, 0.1) is 26.7 Å². The molecule has 1 fully saturated rings. The van der Waals surface area contributed by atoms with Crippen molar-refractivity contribution in [3.8, 4) is 11.3 Å². The zero-order valence-corrected chi connectivity index (χ0v) is 16.1. The van der Waals surface area contributed by atoms with E-state index in [1.807, 2.05) is 39.1 Å². The Bertz CT molecular complexity index is 916. The molecule has 1 atom stereocenters. The first-order chi connectivity index (χ1) is 13.1. The van der Waals surface area contributed by atoms with Crippen molar-refractivity contribution in [3.63, 3.8) is 0 Å². The Morgan fingerprint density at radius 3 is 2.78 bits per heavy atom. The van der Waals surface area contributed by atoms with Crippen LogP contribution in [-0.4, -0.2) is 38.1 Å². The highest BCUT2D eigenvalue weighted by Gasteiger charge is 2.24. The van der Waals surface area contributed by atoms with Gasteiger partial charge in [-0.15, -0.1) is 0 Å². The predicted octanol–water partition coefficient (Wildman–Crippen LogP) is 3.52. The second-order valence-corrected chi connectivity index (χ2v) is 7.40. The molecule has 3 aromatic rings. The summed E-state index contributed by atoms with van der Waals surface area (Å²) in [6, 6.07) is 8.25. The minimum Gasteiger partial charge on any atom is -0.361 e. The lowest BCUT2D eigenvalue weighted by atomic mass is 10.0. The Morgan fingerprint density at radius 1 is 1.11 bits per heavy atom. The number of hydrogen-bond acceptors (Lipinski definition) is 6. The second-order valence-electron chi connectivity index (χ2n) is 7.40. The monoisotopic (exact) mass is 363 g/mol. The molecule has 0 spiro atoms. The Kier molecular flexibility index (Phi) is 4.99. The van der Waals surface area contributed by atoms with Crippen LogP contribution in [0.3, 0.4) is 0 Å². The molecule has 0 N–H and O–H groups in total. The molecule has 0 amide bonds. The number of aryl methyl sites for hydroxylation is 3. The van der Waals surface area contributed by atoms with Gasteiger partial charge in [0.1, 0.15) is 11.6 Å². The van der Waals surface area contributed by atoms with Crippen molar-refractivity contribution in [2.75, 3.05) is 13.1 Å². The molecule has 6 heteroatoms. The number of nitrogens with zero attached hydrogens (tertiary/aromatic N) is 5. The first-order valence-corrected chi connectivity index (χ1v) is 9.48. The van der Waals surface area contributed by atoms with Gasteiger partial charge in [-0.1, -0.05) is 11.2 Å². The number of aromatic nitrogens is 4. The zero-order chi connectivity index (χ0) is 18.8. The molecule has 6 nitrogen and oxygen atoms in total. The van der Waals surface area contributed by atoms with Crippen LogP contribution in [-0.2, 0) is 13.0 Å². The predicted molar refractivity (Wildman–Crippen MR) is 103 cm³/mol. The Balaban J connectivity index is 1.41. The summed E-state index contributed by atoms with van der Waals surface area (Å²) in [5, 5.41) is 4.05. The highest BCUT2D eigenvalue weighted by Crippen LogP contribution is 2.27. The average molecular weight is 363 g/mol. The highest BCUT2D eigenvalue weighted by atomic mass is 16.5. The van der Waals surface area contributed by atoms with Gasteiger partial charge in [-0.25, -0.2) is 9.97 Å². The summed E-state index contributed by atoms with van der Waals surface area (Å²) in [5.41, 5.74) is 5.10. The van der Waals surface area contributed by atoms with Gasteiger partial charge in [0, 0.05) is 25.0 Å². The fourth-order valence-corrected chi connectivity index (χ4v) is 3.92. The summed E-state index contributed by atoms with van der Waals surface area (Å²) in [7, 11) is 0. The second kappa shape index (κ2) is 7.56. The van der Waals surface area contributed by atoms with Crippen LogP contribution in [0.2, 0.25) is 0 Å². The number of rotatable bonds is 5. The molecule has 3 aromatic heterocycles. The van der Waals surface area contributed by atoms with Gasteiger partial charge in [0.15, 0.2) is 0 Å². The maximum absolute atomic E-state index is 5.29. The van der Waals surface area contributed by atoms with Gasteiger partial charge in [0.05, 0.1) is 22.6 Å². The van der Waals surface area contributed by atoms with Gasteiger partial charge in [-0.3, -0.25) is 9.88 Å². The van der Waals surface area contributed by atoms with E-state index in [1.165, 1.54) is 6.42 Å². The first kappa shape index (κ1) is 17.8. The van der Waals surface area contributed by atoms with Crippen LogP contribution >= 0.6 is 0 Å². The highest BCUT2D eigenvalue weighted by molar-refractivity contribution is 5.63. The van der Waals surface area contributed by atoms with E-state index in [2.05, 4.69) is 32.2 Å². The molecule has 1 saturated heterocycles. The molecule has 4 heterocycles. The van der Waals surface area contributed by atoms with E-state index in [1.54, 1.807) is 0 Å². The lowest BCUT2D eigenvalue weighted by Crippen LogP contribution is -2.21. The van der Waals surface area contributed by atoms with Gasteiger partial charge in [0.25, 0.3) is 0 Å². The van der Waals surface area contributed by atoms with Crippen molar-refractivity contribution in [3.05, 3.63) is 59.1 Å². The van der Waals surface area contributed by atoms with Crippen LogP contribution in [0.5, 0.6) is 0 Å². The minimum absolute atomic E-state index is 0.625. The average Bonchev–Trinajstić information content (AvgIpc) is 3.21. The normalized spacial score (nSPS) is 17.5.